The summed E-state index contributed by atoms with van der Waals surface area (Å²) in [5, 5.41) is 11.9. The molecular formula is C12H22N2O4. The topological polar surface area (TPSA) is 102 Å². The van der Waals surface area contributed by atoms with Crippen molar-refractivity contribution >= 4 is 11.9 Å². The first-order chi connectivity index (χ1) is 8.54. The maximum absolute atomic E-state index is 11.9. The molecule has 0 spiro atoms. The van der Waals surface area contributed by atoms with Crippen molar-refractivity contribution in [3.63, 3.8) is 0 Å². The van der Waals surface area contributed by atoms with E-state index in [1.165, 1.54) is 0 Å². The van der Waals surface area contributed by atoms with E-state index in [4.69, 9.17) is 10.5 Å². The fraction of sp³-hybridized carbons (Fsp3) is 0.833. The van der Waals surface area contributed by atoms with Crippen LogP contribution in [-0.4, -0.2) is 42.3 Å². The Bertz CT molecular complexity index is 296. The van der Waals surface area contributed by atoms with E-state index in [2.05, 4.69) is 5.32 Å². The molecule has 1 fully saturated rings. The van der Waals surface area contributed by atoms with Gasteiger partial charge in [-0.25, -0.2) is 4.79 Å². The molecule has 1 aliphatic rings. The van der Waals surface area contributed by atoms with Crippen molar-refractivity contribution in [2.75, 3.05) is 19.8 Å². The minimum absolute atomic E-state index is 0.107. The molecule has 0 aliphatic carbocycles. The molecule has 6 heteroatoms. The zero-order chi connectivity index (χ0) is 13.6. The molecule has 1 unspecified atom stereocenters. The Balaban J connectivity index is 2.61. The van der Waals surface area contributed by atoms with E-state index in [-0.39, 0.29) is 18.2 Å². The highest BCUT2D eigenvalue weighted by molar-refractivity contribution is 5.87. The van der Waals surface area contributed by atoms with Gasteiger partial charge in [0.25, 0.3) is 0 Å². The Kier molecular flexibility index (Phi) is 5.55. The average Bonchev–Trinajstić information content (AvgIpc) is 2.36. The van der Waals surface area contributed by atoms with Crippen LogP contribution in [0, 0.1) is 5.92 Å². The number of carboxylic acid groups (broad SMARTS) is 1. The second-order valence-corrected chi connectivity index (χ2v) is 4.76. The van der Waals surface area contributed by atoms with Gasteiger partial charge in [-0.2, -0.15) is 0 Å². The van der Waals surface area contributed by atoms with Crippen molar-refractivity contribution < 1.29 is 19.4 Å². The lowest BCUT2D eigenvalue weighted by Gasteiger charge is -2.34. The molecule has 4 N–H and O–H groups in total. The van der Waals surface area contributed by atoms with Crippen LogP contribution in [-0.2, 0) is 14.3 Å². The minimum atomic E-state index is -1.16. The number of aliphatic carboxylic acids is 1. The number of hydrogen-bond acceptors (Lipinski definition) is 4. The summed E-state index contributed by atoms with van der Waals surface area (Å²) < 4.78 is 5.15. The summed E-state index contributed by atoms with van der Waals surface area (Å²) in [6.07, 6.45) is 1.72. The molecule has 0 saturated carbocycles. The lowest BCUT2D eigenvalue weighted by Crippen LogP contribution is -2.57. The number of amides is 1. The normalized spacial score (nSPS) is 20.1. The van der Waals surface area contributed by atoms with Crippen molar-refractivity contribution in [2.24, 2.45) is 11.7 Å². The number of carbonyl (C=O) groups is 2. The van der Waals surface area contributed by atoms with Crippen LogP contribution in [0.2, 0.25) is 0 Å². The van der Waals surface area contributed by atoms with E-state index in [9.17, 15) is 14.7 Å². The highest BCUT2D eigenvalue weighted by atomic mass is 16.5. The largest absolute Gasteiger partial charge is 0.480 e. The Hall–Kier alpha value is -1.14. The Morgan fingerprint density at radius 3 is 2.50 bits per heavy atom. The molecule has 0 radical (unpaired) electrons. The Morgan fingerprint density at radius 1 is 1.44 bits per heavy atom. The highest BCUT2D eigenvalue weighted by Gasteiger charge is 2.41. The fourth-order valence-electron chi connectivity index (χ4n) is 2.09. The molecule has 0 bridgehead atoms. The summed E-state index contributed by atoms with van der Waals surface area (Å²) in [5.41, 5.74) is 4.38. The molecular weight excluding hydrogens is 236 g/mol. The summed E-state index contributed by atoms with van der Waals surface area (Å²) in [7, 11) is 0. The predicted octanol–water partition coefficient (Wildman–Crippen LogP) is 0.111. The van der Waals surface area contributed by atoms with E-state index in [0.717, 1.165) is 6.42 Å². The molecule has 6 nitrogen and oxygen atoms in total. The van der Waals surface area contributed by atoms with Gasteiger partial charge in [-0.3, -0.25) is 4.79 Å². The SMILES string of the molecule is CCC(CN)CC(=O)NC1(C(=O)O)CCOCC1. The van der Waals surface area contributed by atoms with Gasteiger partial charge in [-0.05, 0) is 12.5 Å². The van der Waals surface area contributed by atoms with E-state index in [1.54, 1.807) is 0 Å². The Labute approximate surface area is 107 Å². The van der Waals surface area contributed by atoms with Gasteiger partial charge < -0.3 is 20.9 Å². The second kappa shape index (κ2) is 6.70. The van der Waals surface area contributed by atoms with Crippen LogP contribution in [0.5, 0.6) is 0 Å². The molecule has 18 heavy (non-hydrogen) atoms. The van der Waals surface area contributed by atoms with Gasteiger partial charge >= 0.3 is 5.97 Å². The quantitative estimate of drug-likeness (QED) is 0.627. The van der Waals surface area contributed by atoms with E-state index < -0.39 is 11.5 Å². The first-order valence-electron chi connectivity index (χ1n) is 6.36. The van der Waals surface area contributed by atoms with E-state index >= 15 is 0 Å². The summed E-state index contributed by atoms with van der Waals surface area (Å²) in [4.78, 5) is 23.2. The van der Waals surface area contributed by atoms with Gasteiger partial charge in [-0.15, -0.1) is 0 Å². The monoisotopic (exact) mass is 258 g/mol. The standard InChI is InChI=1S/C12H22N2O4/c1-2-9(8-13)7-10(15)14-12(11(16)17)3-5-18-6-4-12/h9H,2-8,13H2,1H3,(H,14,15)(H,16,17). The number of nitrogens with one attached hydrogen (secondary N) is 1. The number of carbonyl (C=O) groups excluding carboxylic acids is 1. The fourth-order valence-corrected chi connectivity index (χ4v) is 2.09. The van der Waals surface area contributed by atoms with E-state index in [0.29, 0.717) is 32.6 Å². The maximum atomic E-state index is 11.9. The molecule has 104 valence electrons. The van der Waals surface area contributed by atoms with Crippen LogP contribution >= 0.6 is 0 Å². The molecule has 0 aromatic carbocycles. The number of ether oxygens (including phenoxy) is 1. The van der Waals surface area contributed by atoms with Crippen LogP contribution in [0.25, 0.3) is 0 Å². The number of hydrogen-bond donors (Lipinski definition) is 3. The molecule has 1 saturated heterocycles. The summed E-state index contributed by atoms with van der Waals surface area (Å²) >= 11 is 0. The zero-order valence-electron chi connectivity index (χ0n) is 10.8. The van der Waals surface area contributed by atoms with Gasteiger partial charge in [0.1, 0.15) is 5.54 Å². The number of nitrogens with two attached hydrogens (primary N) is 1. The van der Waals surface area contributed by atoms with Gasteiger partial charge in [-0.1, -0.05) is 13.3 Å². The molecule has 0 aromatic heterocycles. The predicted molar refractivity (Wildman–Crippen MR) is 66.0 cm³/mol. The molecule has 1 heterocycles. The third-order valence-corrected chi connectivity index (χ3v) is 3.52. The summed E-state index contributed by atoms with van der Waals surface area (Å²) in [5.74, 6) is -1.12. The third-order valence-electron chi connectivity index (χ3n) is 3.52. The summed E-state index contributed by atoms with van der Waals surface area (Å²) in [6.45, 7) is 3.13. The molecule has 1 rings (SSSR count). The van der Waals surface area contributed by atoms with Crippen molar-refractivity contribution in [3.05, 3.63) is 0 Å². The molecule has 1 aliphatic heterocycles. The van der Waals surface area contributed by atoms with Gasteiger partial charge in [0.15, 0.2) is 0 Å². The van der Waals surface area contributed by atoms with Gasteiger partial charge in [0.05, 0.1) is 0 Å². The molecule has 0 aromatic rings. The third kappa shape index (κ3) is 3.68. The molecule has 1 amide bonds. The van der Waals surface area contributed by atoms with Crippen LogP contribution in [0.1, 0.15) is 32.6 Å². The summed E-state index contributed by atoms with van der Waals surface area (Å²) in [6, 6.07) is 0. The van der Waals surface area contributed by atoms with Crippen molar-refractivity contribution in [2.45, 2.75) is 38.1 Å². The van der Waals surface area contributed by atoms with Crippen LogP contribution in [0.3, 0.4) is 0 Å². The van der Waals surface area contributed by atoms with Crippen LogP contribution < -0.4 is 11.1 Å². The van der Waals surface area contributed by atoms with Gasteiger partial charge in [0, 0.05) is 32.5 Å². The van der Waals surface area contributed by atoms with E-state index in [1.807, 2.05) is 6.92 Å². The Morgan fingerprint density at radius 2 is 2.06 bits per heavy atom. The van der Waals surface area contributed by atoms with Gasteiger partial charge in [0.2, 0.25) is 5.91 Å². The first-order valence-corrected chi connectivity index (χ1v) is 6.36. The molecule has 1 atom stereocenters. The number of carboxylic acids is 1. The highest BCUT2D eigenvalue weighted by Crippen LogP contribution is 2.21. The van der Waals surface area contributed by atoms with Crippen molar-refractivity contribution in [1.82, 2.24) is 5.32 Å². The lowest BCUT2D eigenvalue weighted by atomic mass is 9.89. The smallest absolute Gasteiger partial charge is 0.329 e. The van der Waals surface area contributed by atoms with Crippen molar-refractivity contribution in [3.8, 4) is 0 Å². The van der Waals surface area contributed by atoms with Crippen molar-refractivity contribution in [1.29, 1.82) is 0 Å². The minimum Gasteiger partial charge on any atom is -0.480 e. The first kappa shape index (κ1) is 14.9. The van der Waals surface area contributed by atoms with Crippen LogP contribution in [0.15, 0.2) is 0 Å². The second-order valence-electron chi connectivity index (χ2n) is 4.76. The zero-order valence-corrected chi connectivity index (χ0v) is 10.8. The lowest BCUT2D eigenvalue weighted by molar-refractivity contribution is -0.152. The number of rotatable bonds is 6. The maximum Gasteiger partial charge on any atom is 0.329 e. The average molecular weight is 258 g/mol. The van der Waals surface area contributed by atoms with Crippen LogP contribution in [0.4, 0.5) is 0 Å².